The Hall–Kier alpha value is -2.09. The molecule has 4 heterocycles. The molecule has 2 fully saturated rings. The summed E-state index contributed by atoms with van der Waals surface area (Å²) in [6.45, 7) is -3.22. The number of aromatic nitrogens is 4. The van der Waals surface area contributed by atoms with E-state index in [1.807, 2.05) is 0 Å². The normalized spacial score (nSPS) is 32.7. The number of ether oxygens (including phenoxy) is 1. The van der Waals surface area contributed by atoms with Crippen LogP contribution in [0.2, 0.25) is 0 Å². The first kappa shape index (κ1) is 21.7. The maximum atomic E-state index is 13.5. The maximum absolute atomic E-state index is 13.5. The van der Waals surface area contributed by atoms with Gasteiger partial charge in [0.25, 0.3) is 0 Å². The van der Waals surface area contributed by atoms with Crippen molar-refractivity contribution in [2.75, 3.05) is 18.9 Å². The highest BCUT2D eigenvalue weighted by Gasteiger charge is 2.46. The number of aliphatic hydroxyl groups is 2. The highest BCUT2D eigenvalue weighted by Crippen LogP contribution is 2.59. The van der Waals surface area contributed by atoms with Gasteiger partial charge in [-0.2, -0.15) is 0 Å². The van der Waals surface area contributed by atoms with Gasteiger partial charge in [-0.15, -0.1) is 0 Å². The second kappa shape index (κ2) is 8.36. The topological polar surface area (TPSA) is 147 Å². The zero-order valence-corrected chi connectivity index (χ0v) is 18.1. The fourth-order valence-corrected chi connectivity index (χ4v) is 5.64. The van der Waals surface area contributed by atoms with Gasteiger partial charge in [0.15, 0.2) is 17.7 Å². The lowest BCUT2D eigenvalue weighted by Crippen LogP contribution is -2.33. The van der Waals surface area contributed by atoms with Crippen LogP contribution in [0.15, 0.2) is 36.9 Å². The molecule has 0 radical (unpaired) electrons. The minimum atomic E-state index is -3.15. The standard InChI is InChI=1S/C18H19FN5O6PS/c19-10-3-1-2-9(4-10)11-5-27-31(32,30-11)28-6-12-14(25)15(26)18(29-12)24-8-23-13-16(20)21-7-22-17(13)24/h1-4,7-8,11-12,14-15,18,25-26H,5-6H2,(H2,20,21,22)/t11?,12-,14-,15-,18-,31?/m1/s1. The quantitative estimate of drug-likeness (QED) is 0.450. The van der Waals surface area contributed by atoms with Crippen LogP contribution in [0.5, 0.6) is 0 Å². The molecule has 170 valence electrons. The molecule has 2 saturated heterocycles. The molecule has 2 aromatic heterocycles. The van der Waals surface area contributed by atoms with Crippen LogP contribution in [0, 0.1) is 5.82 Å². The van der Waals surface area contributed by atoms with Crippen molar-refractivity contribution < 1.29 is 32.9 Å². The molecule has 0 saturated carbocycles. The predicted molar refractivity (Wildman–Crippen MR) is 112 cm³/mol. The molecule has 0 spiro atoms. The molecule has 0 amide bonds. The Morgan fingerprint density at radius 2 is 2.12 bits per heavy atom. The van der Waals surface area contributed by atoms with Crippen molar-refractivity contribution in [3.63, 3.8) is 0 Å². The third-order valence-corrected chi connectivity index (χ3v) is 7.59. The fraction of sp³-hybridized carbons (Fsp3) is 0.389. The Labute approximate surface area is 186 Å². The summed E-state index contributed by atoms with van der Waals surface area (Å²) >= 11 is 5.37. The molecule has 3 aromatic rings. The van der Waals surface area contributed by atoms with Crippen molar-refractivity contribution in [1.29, 1.82) is 0 Å². The van der Waals surface area contributed by atoms with Crippen LogP contribution in [-0.2, 0) is 30.1 Å². The number of halogens is 1. The average Bonchev–Trinajstić information content (AvgIpc) is 3.45. The van der Waals surface area contributed by atoms with E-state index < -0.39 is 43.2 Å². The molecule has 4 N–H and O–H groups in total. The summed E-state index contributed by atoms with van der Waals surface area (Å²) in [4.78, 5) is 12.1. The molecule has 5 rings (SSSR count). The highest BCUT2D eigenvalue weighted by atomic mass is 32.5. The molecule has 2 aliphatic heterocycles. The van der Waals surface area contributed by atoms with Crippen LogP contribution in [0.25, 0.3) is 11.2 Å². The summed E-state index contributed by atoms with van der Waals surface area (Å²) in [5.41, 5.74) is 7.08. The molecular formula is C18H19FN5O6PS. The van der Waals surface area contributed by atoms with Crippen LogP contribution in [-0.4, -0.2) is 61.3 Å². The van der Waals surface area contributed by atoms with Crippen molar-refractivity contribution in [1.82, 2.24) is 19.5 Å². The van der Waals surface area contributed by atoms with Gasteiger partial charge >= 0.3 is 6.72 Å². The Balaban J connectivity index is 1.26. The largest absolute Gasteiger partial charge is 0.387 e. The van der Waals surface area contributed by atoms with Crippen LogP contribution >= 0.6 is 6.72 Å². The van der Waals surface area contributed by atoms with Gasteiger partial charge < -0.3 is 29.7 Å². The fourth-order valence-electron chi connectivity index (χ4n) is 3.63. The Bertz CT molecular complexity index is 1200. The minimum Gasteiger partial charge on any atom is -0.387 e. The van der Waals surface area contributed by atoms with E-state index in [0.717, 1.165) is 0 Å². The van der Waals surface area contributed by atoms with Crippen LogP contribution in [0.1, 0.15) is 17.9 Å². The molecule has 6 atom stereocenters. The van der Waals surface area contributed by atoms with E-state index in [1.54, 1.807) is 12.1 Å². The summed E-state index contributed by atoms with van der Waals surface area (Å²) in [5.74, 6) is -0.211. The second-order valence-corrected chi connectivity index (χ2v) is 10.3. The first-order valence-electron chi connectivity index (χ1n) is 9.62. The van der Waals surface area contributed by atoms with Crippen LogP contribution < -0.4 is 5.73 Å². The molecular weight excluding hydrogens is 464 g/mol. The lowest BCUT2D eigenvalue weighted by atomic mass is 10.1. The number of nitrogens with zero attached hydrogens (tertiary/aromatic N) is 4. The number of nitrogen functional groups attached to an aromatic ring is 1. The van der Waals surface area contributed by atoms with E-state index in [4.69, 9.17) is 35.8 Å². The SMILES string of the molecule is Nc1ncnc2c1ncn2[C@@H]1O[C@H](COP2(=S)OCC(c3cccc(F)c3)O2)[C@@H](O)[C@H]1O. The zero-order valence-electron chi connectivity index (χ0n) is 16.4. The summed E-state index contributed by atoms with van der Waals surface area (Å²) < 4.78 is 37.7. The van der Waals surface area contributed by atoms with E-state index in [9.17, 15) is 14.6 Å². The lowest BCUT2D eigenvalue weighted by Gasteiger charge is -2.19. The van der Waals surface area contributed by atoms with Gasteiger partial charge in [-0.25, -0.2) is 19.3 Å². The van der Waals surface area contributed by atoms with Gasteiger partial charge in [-0.1, -0.05) is 12.1 Å². The second-order valence-electron chi connectivity index (χ2n) is 7.32. The van der Waals surface area contributed by atoms with Crippen molar-refractivity contribution >= 4 is 35.5 Å². The summed E-state index contributed by atoms with van der Waals surface area (Å²) in [6.07, 6.45) is -2.37. The number of rotatable bonds is 5. The van der Waals surface area contributed by atoms with Crippen molar-refractivity contribution in [2.24, 2.45) is 0 Å². The van der Waals surface area contributed by atoms with Gasteiger partial charge in [0.2, 0.25) is 0 Å². The van der Waals surface area contributed by atoms with Gasteiger partial charge in [0.05, 0.1) is 19.5 Å². The summed E-state index contributed by atoms with van der Waals surface area (Å²) in [5, 5.41) is 21.0. The Kier molecular flexibility index (Phi) is 5.68. The van der Waals surface area contributed by atoms with Crippen molar-refractivity contribution in [3.05, 3.63) is 48.3 Å². The molecule has 0 bridgehead atoms. The van der Waals surface area contributed by atoms with E-state index in [2.05, 4.69) is 15.0 Å². The first-order chi connectivity index (χ1) is 15.3. The van der Waals surface area contributed by atoms with Crippen molar-refractivity contribution in [2.45, 2.75) is 30.6 Å². The van der Waals surface area contributed by atoms with Gasteiger partial charge in [-0.05, 0) is 29.5 Å². The summed E-state index contributed by atoms with van der Waals surface area (Å²) in [6, 6.07) is 5.95. The van der Waals surface area contributed by atoms with Gasteiger partial charge in [0, 0.05) is 0 Å². The van der Waals surface area contributed by atoms with Crippen LogP contribution in [0.4, 0.5) is 10.2 Å². The molecule has 14 heteroatoms. The van der Waals surface area contributed by atoms with Crippen LogP contribution in [0.3, 0.4) is 0 Å². The zero-order chi connectivity index (χ0) is 22.5. The van der Waals surface area contributed by atoms with Crippen molar-refractivity contribution in [3.8, 4) is 0 Å². The number of imidazole rings is 1. The molecule has 2 unspecified atom stereocenters. The van der Waals surface area contributed by atoms with Gasteiger partial charge in [0.1, 0.15) is 42.1 Å². The van der Waals surface area contributed by atoms with E-state index in [-0.39, 0.29) is 19.0 Å². The number of anilines is 1. The number of hydrogen-bond donors (Lipinski definition) is 3. The summed E-state index contributed by atoms with van der Waals surface area (Å²) in [7, 11) is 0. The lowest BCUT2D eigenvalue weighted by molar-refractivity contribution is -0.0488. The molecule has 2 aliphatic rings. The molecule has 0 aliphatic carbocycles. The molecule has 11 nitrogen and oxygen atoms in total. The number of aliphatic hydroxyl groups excluding tert-OH is 2. The third-order valence-electron chi connectivity index (χ3n) is 5.26. The molecule has 32 heavy (non-hydrogen) atoms. The highest BCUT2D eigenvalue weighted by molar-refractivity contribution is 8.07. The maximum Gasteiger partial charge on any atom is 0.328 e. The number of benzene rings is 1. The van der Waals surface area contributed by atoms with Gasteiger partial charge in [-0.3, -0.25) is 9.09 Å². The monoisotopic (exact) mass is 483 g/mol. The minimum absolute atomic E-state index is 0.113. The van der Waals surface area contributed by atoms with E-state index in [0.29, 0.717) is 16.7 Å². The van der Waals surface area contributed by atoms with E-state index >= 15 is 0 Å². The first-order valence-corrected chi connectivity index (χ1v) is 12.2. The Morgan fingerprint density at radius 1 is 1.28 bits per heavy atom. The number of fused-ring (bicyclic) bond motifs is 1. The number of hydrogen-bond acceptors (Lipinski definition) is 11. The smallest absolute Gasteiger partial charge is 0.328 e. The third kappa shape index (κ3) is 3.91. The van der Waals surface area contributed by atoms with E-state index in [1.165, 1.54) is 29.4 Å². The Morgan fingerprint density at radius 3 is 2.94 bits per heavy atom. The number of nitrogens with two attached hydrogens (primary N) is 1. The molecule has 1 aromatic carbocycles. The predicted octanol–water partition coefficient (Wildman–Crippen LogP) is 1.20. The average molecular weight is 483 g/mol.